The number of halogens is 1. The zero-order valence-corrected chi connectivity index (χ0v) is 17.6. The first-order valence-electron chi connectivity index (χ1n) is 10.1. The van der Waals surface area contributed by atoms with Crippen molar-refractivity contribution in [3.63, 3.8) is 0 Å². The van der Waals surface area contributed by atoms with Crippen LogP contribution in [-0.4, -0.2) is 33.9 Å². The number of piperidine rings is 1. The Kier molecular flexibility index (Phi) is 5.51. The highest BCUT2D eigenvalue weighted by molar-refractivity contribution is 6.30. The molecule has 0 bridgehead atoms. The molecule has 8 nitrogen and oxygen atoms in total. The monoisotopic (exact) mass is 429 g/mol. The van der Waals surface area contributed by atoms with Crippen molar-refractivity contribution in [2.24, 2.45) is 0 Å². The van der Waals surface area contributed by atoms with Crippen LogP contribution in [0.5, 0.6) is 0 Å². The summed E-state index contributed by atoms with van der Waals surface area (Å²) >= 11 is 5.88. The molecule has 9 heteroatoms. The second-order valence-electron chi connectivity index (χ2n) is 7.99. The van der Waals surface area contributed by atoms with E-state index >= 15 is 0 Å². The van der Waals surface area contributed by atoms with Gasteiger partial charge in [0.2, 0.25) is 17.8 Å². The van der Waals surface area contributed by atoms with Gasteiger partial charge in [0.15, 0.2) is 0 Å². The molecule has 2 aliphatic heterocycles. The third kappa shape index (κ3) is 3.92. The van der Waals surface area contributed by atoms with E-state index in [-0.39, 0.29) is 35.8 Å². The number of anilines is 3. The fourth-order valence-corrected chi connectivity index (χ4v) is 4.43. The number of H-pyrrole nitrogens is 1. The molecule has 0 unspecified atom stereocenters. The summed E-state index contributed by atoms with van der Waals surface area (Å²) in [6, 6.07) is 7.07. The summed E-state index contributed by atoms with van der Waals surface area (Å²) < 4.78 is 0. The third-order valence-electron chi connectivity index (χ3n) is 5.80. The Balaban J connectivity index is 1.67. The maximum Gasteiger partial charge on any atom is 0.258 e. The Bertz CT molecular complexity index is 1030. The number of nitrogens with zero attached hydrogens (tertiary/aromatic N) is 2. The number of nitrogens with one attached hydrogen (secondary N) is 3. The molecule has 30 heavy (non-hydrogen) atoms. The van der Waals surface area contributed by atoms with Crippen LogP contribution in [-0.2, 0) is 9.59 Å². The fourth-order valence-electron chi connectivity index (χ4n) is 4.31. The highest BCUT2D eigenvalue weighted by atomic mass is 35.5. The van der Waals surface area contributed by atoms with E-state index in [0.717, 1.165) is 19.3 Å². The van der Waals surface area contributed by atoms with E-state index in [9.17, 15) is 14.4 Å². The summed E-state index contributed by atoms with van der Waals surface area (Å²) in [5.74, 6) is -1.12. The summed E-state index contributed by atoms with van der Waals surface area (Å²) in [4.78, 5) is 47.6. The molecule has 1 fully saturated rings. The fraction of sp³-hybridized carbons (Fsp3) is 0.429. The first-order valence-corrected chi connectivity index (χ1v) is 10.5. The van der Waals surface area contributed by atoms with Gasteiger partial charge in [0, 0.05) is 29.2 Å². The smallest absolute Gasteiger partial charge is 0.258 e. The molecular weight excluding hydrogens is 406 g/mol. The number of rotatable bonds is 3. The lowest BCUT2D eigenvalue weighted by Gasteiger charge is -2.39. The molecule has 0 radical (unpaired) electrons. The number of carbonyl (C=O) groups is 2. The summed E-state index contributed by atoms with van der Waals surface area (Å²) in [5.41, 5.74) is 0.312. The van der Waals surface area contributed by atoms with Crippen LogP contribution in [0.25, 0.3) is 0 Å². The van der Waals surface area contributed by atoms with Crippen LogP contribution in [0.3, 0.4) is 0 Å². The summed E-state index contributed by atoms with van der Waals surface area (Å²) in [7, 11) is 0. The number of carbonyl (C=O) groups excluding carboxylic acids is 2. The minimum absolute atomic E-state index is 0.118. The first-order chi connectivity index (χ1) is 14.3. The molecule has 0 aliphatic carbocycles. The summed E-state index contributed by atoms with van der Waals surface area (Å²) in [5, 5.41) is 5.97. The number of amides is 2. The van der Waals surface area contributed by atoms with E-state index in [1.165, 1.54) is 0 Å². The van der Waals surface area contributed by atoms with Gasteiger partial charge in [-0.3, -0.25) is 19.4 Å². The van der Waals surface area contributed by atoms with Gasteiger partial charge in [-0.2, -0.15) is 4.98 Å². The van der Waals surface area contributed by atoms with Gasteiger partial charge in [-0.25, -0.2) is 0 Å². The largest absolute Gasteiger partial charge is 0.337 e. The number of aromatic amines is 1. The Morgan fingerprint density at radius 3 is 2.50 bits per heavy atom. The molecule has 1 aromatic heterocycles. The summed E-state index contributed by atoms with van der Waals surface area (Å²) in [6.07, 6.45) is 3.01. The lowest BCUT2D eigenvalue weighted by molar-refractivity contribution is -0.123. The van der Waals surface area contributed by atoms with Gasteiger partial charge in [-0.1, -0.05) is 11.6 Å². The Morgan fingerprint density at radius 1 is 1.17 bits per heavy atom. The maximum atomic E-state index is 13.0. The molecule has 4 rings (SSSR count). The van der Waals surface area contributed by atoms with Crippen molar-refractivity contribution in [2.45, 2.75) is 57.5 Å². The van der Waals surface area contributed by atoms with Crippen molar-refractivity contribution in [2.75, 3.05) is 15.5 Å². The molecule has 3 heterocycles. The van der Waals surface area contributed by atoms with Crippen molar-refractivity contribution >= 4 is 40.9 Å². The van der Waals surface area contributed by atoms with E-state index in [4.69, 9.17) is 11.6 Å². The molecule has 3 atom stereocenters. The molecule has 1 aromatic carbocycles. The molecular formula is C21H24ClN5O3. The topological polar surface area (TPSA) is 107 Å². The second-order valence-corrected chi connectivity index (χ2v) is 8.43. The average Bonchev–Trinajstić information content (AvgIpc) is 2.68. The van der Waals surface area contributed by atoms with Crippen LogP contribution >= 0.6 is 11.6 Å². The van der Waals surface area contributed by atoms with Gasteiger partial charge in [0.1, 0.15) is 5.82 Å². The molecule has 0 saturated carbocycles. The first kappa shape index (κ1) is 20.4. The lowest BCUT2D eigenvalue weighted by atomic mass is 9.92. The number of hydrogen-bond acceptors (Lipinski definition) is 5. The van der Waals surface area contributed by atoms with Crippen LogP contribution < -0.4 is 21.1 Å². The highest BCUT2D eigenvalue weighted by Crippen LogP contribution is 2.32. The predicted octanol–water partition coefficient (Wildman–Crippen LogP) is 3.26. The van der Waals surface area contributed by atoms with Gasteiger partial charge in [0.25, 0.3) is 5.56 Å². The number of fused-ring (bicyclic) bond motifs is 1. The van der Waals surface area contributed by atoms with Crippen LogP contribution in [0.4, 0.5) is 17.5 Å². The van der Waals surface area contributed by atoms with Crippen molar-refractivity contribution in [3.05, 3.63) is 45.2 Å². The molecule has 158 valence electrons. The molecule has 2 aliphatic rings. The number of benzene rings is 1. The molecule has 3 N–H and O–H groups in total. The van der Waals surface area contributed by atoms with Crippen molar-refractivity contribution in [1.29, 1.82) is 0 Å². The predicted molar refractivity (Wildman–Crippen MR) is 116 cm³/mol. The standard InChI is InChI=1S/C21H24ClN5O3/c1-11-4-3-5-12(2)27(11)21-25-18-17(20(30)26-21)15(10-16(28)24-18)19(29)23-14-8-6-13(22)7-9-14/h6-9,11-12,15H,3-5,10H2,1-2H3,(H,23,29)(H2,24,25,26,28,30)/t11-,12-,15+/m1/s1. The van der Waals surface area contributed by atoms with Gasteiger partial charge >= 0.3 is 0 Å². The number of aromatic nitrogens is 2. The quantitative estimate of drug-likeness (QED) is 0.694. The van der Waals surface area contributed by atoms with Gasteiger partial charge < -0.3 is 15.5 Å². The zero-order valence-electron chi connectivity index (χ0n) is 16.9. The van der Waals surface area contributed by atoms with Crippen LogP contribution in [0.2, 0.25) is 5.02 Å². The Labute approximate surface area is 179 Å². The lowest BCUT2D eigenvalue weighted by Crippen LogP contribution is -2.46. The average molecular weight is 430 g/mol. The van der Waals surface area contributed by atoms with Crippen molar-refractivity contribution < 1.29 is 9.59 Å². The second kappa shape index (κ2) is 8.10. The van der Waals surface area contributed by atoms with E-state index < -0.39 is 17.4 Å². The third-order valence-corrected chi connectivity index (χ3v) is 6.06. The summed E-state index contributed by atoms with van der Waals surface area (Å²) in [6.45, 7) is 4.19. The highest BCUT2D eigenvalue weighted by Gasteiger charge is 2.36. The molecule has 0 spiro atoms. The maximum absolute atomic E-state index is 13.0. The molecule has 1 saturated heterocycles. The van der Waals surface area contributed by atoms with Gasteiger partial charge in [0.05, 0.1) is 11.5 Å². The van der Waals surface area contributed by atoms with Crippen LogP contribution in [0.1, 0.15) is 51.0 Å². The van der Waals surface area contributed by atoms with Crippen LogP contribution in [0, 0.1) is 0 Å². The van der Waals surface area contributed by atoms with Crippen molar-refractivity contribution in [3.8, 4) is 0 Å². The normalized spacial score (nSPS) is 23.5. The van der Waals surface area contributed by atoms with E-state index in [1.54, 1.807) is 24.3 Å². The molecule has 2 amide bonds. The molecule has 2 aromatic rings. The minimum Gasteiger partial charge on any atom is -0.337 e. The van der Waals surface area contributed by atoms with Gasteiger partial charge in [-0.15, -0.1) is 0 Å². The minimum atomic E-state index is -0.925. The number of hydrogen-bond donors (Lipinski definition) is 3. The zero-order chi connectivity index (χ0) is 21.4. The Morgan fingerprint density at radius 2 is 1.83 bits per heavy atom. The van der Waals surface area contributed by atoms with E-state index in [2.05, 4.69) is 39.3 Å². The SMILES string of the molecule is C[C@@H]1CCC[C@@H](C)N1c1nc2c(c(=O)[nH]1)[C@@H](C(=O)Nc1ccc(Cl)cc1)CC(=O)N2. The Hall–Kier alpha value is -2.87. The van der Waals surface area contributed by atoms with E-state index in [1.807, 2.05) is 0 Å². The van der Waals surface area contributed by atoms with E-state index in [0.29, 0.717) is 16.7 Å². The van der Waals surface area contributed by atoms with Crippen LogP contribution in [0.15, 0.2) is 29.1 Å². The van der Waals surface area contributed by atoms with Crippen molar-refractivity contribution in [1.82, 2.24) is 9.97 Å². The van der Waals surface area contributed by atoms with Gasteiger partial charge in [-0.05, 0) is 57.4 Å².